The molecule has 1 aromatic carbocycles. The summed E-state index contributed by atoms with van der Waals surface area (Å²) < 4.78 is 5.90. The minimum Gasteiger partial charge on any atom is -0.497 e. The monoisotopic (exact) mass is 313 g/mol. The molecule has 1 aliphatic rings. The molecule has 5 nitrogen and oxygen atoms in total. The molecule has 1 fully saturated rings. The molecule has 0 aliphatic carbocycles. The number of hydrogen-bond donors (Lipinski definition) is 1. The van der Waals surface area contributed by atoms with Gasteiger partial charge in [0.25, 0.3) is 0 Å². The van der Waals surface area contributed by atoms with Gasteiger partial charge in [0.15, 0.2) is 0 Å². The predicted molar refractivity (Wildman–Crippen MR) is 68.8 cm³/mol. The van der Waals surface area contributed by atoms with Crippen molar-refractivity contribution in [2.45, 2.75) is 6.42 Å². The van der Waals surface area contributed by atoms with Crippen molar-refractivity contribution in [1.82, 2.24) is 0 Å². The van der Waals surface area contributed by atoms with Crippen LogP contribution in [0.15, 0.2) is 22.7 Å². The Hall–Kier alpha value is -1.56. The molecule has 0 bridgehead atoms. The van der Waals surface area contributed by atoms with Crippen molar-refractivity contribution in [3.63, 3.8) is 0 Å². The Morgan fingerprint density at radius 3 is 2.78 bits per heavy atom. The van der Waals surface area contributed by atoms with E-state index in [4.69, 9.17) is 9.84 Å². The highest BCUT2D eigenvalue weighted by Gasteiger charge is 2.35. The Balaban J connectivity index is 2.29. The van der Waals surface area contributed by atoms with Crippen LogP contribution in [0.1, 0.15) is 6.42 Å². The first-order chi connectivity index (χ1) is 8.51. The molecule has 0 saturated carbocycles. The van der Waals surface area contributed by atoms with Crippen molar-refractivity contribution in [2.24, 2.45) is 5.92 Å². The van der Waals surface area contributed by atoms with E-state index in [0.717, 1.165) is 4.47 Å². The molecule has 96 valence electrons. The highest BCUT2D eigenvalue weighted by molar-refractivity contribution is 9.10. The number of carbonyl (C=O) groups is 2. The minimum atomic E-state index is -0.937. The Kier molecular flexibility index (Phi) is 3.56. The van der Waals surface area contributed by atoms with Crippen LogP contribution in [0.25, 0.3) is 0 Å². The van der Waals surface area contributed by atoms with Crippen molar-refractivity contribution >= 4 is 33.5 Å². The average molecular weight is 314 g/mol. The standard InChI is InChI=1S/C12H12BrNO4/c1-18-10-4-8(13)3-9(5-10)14-6-7(12(16)17)2-11(14)15/h3-5,7H,2,6H2,1H3,(H,16,17). The van der Waals surface area contributed by atoms with E-state index in [9.17, 15) is 9.59 Å². The molecule has 1 unspecified atom stereocenters. The number of hydrogen-bond acceptors (Lipinski definition) is 3. The molecule has 6 heteroatoms. The maximum Gasteiger partial charge on any atom is 0.308 e. The summed E-state index contributed by atoms with van der Waals surface area (Å²) in [5.41, 5.74) is 0.648. The number of halogens is 1. The largest absolute Gasteiger partial charge is 0.497 e. The van der Waals surface area contributed by atoms with Gasteiger partial charge in [-0.05, 0) is 12.1 Å². The van der Waals surface area contributed by atoms with Crippen LogP contribution in [0.2, 0.25) is 0 Å². The van der Waals surface area contributed by atoms with Crippen molar-refractivity contribution in [3.8, 4) is 5.75 Å². The number of anilines is 1. The Bertz CT molecular complexity index is 503. The first-order valence-corrected chi connectivity index (χ1v) is 6.18. The van der Waals surface area contributed by atoms with Gasteiger partial charge in [0.1, 0.15) is 5.75 Å². The molecule has 0 radical (unpaired) electrons. The zero-order valence-electron chi connectivity index (χ0n) is 9.72. The fourth-order valence-corrected chi connectivity index (χ4v) is 2.40. The summed E-state index contributed by atoms with van der Waals surface area (Å²) in [6, 6.07) is 5.26. The fourth-order valence-electron chi connectivity index (χ4n) is 1.94. The van der Waals surface area contributed by atoms with Crippen LogP contribution in [0.3, 0.4) is 0 Å². The third-order valence-corrected chi connectivity index (χ3v) is 3.34. The topological polar surface area (TPSA) is 66.8 Å². The summed E-state index contributed by atoms with van der Waals surface area (Å²) in [6.07, 6.45) is 0.0458. The van der Waals surface area contributed by atoms with Gasteiger partial charge in [-0.15, -0.1) is 0 Å². The maximum absolute atomic E-state index is 11.8. The molecule has 1 aliphatic heterocycles. The molecular weight excluding hydrogens is 302 g/mol. The van der Waals surface area contributed by atoms with Crippen LogP contribution in [-0.2, 0) is 9.59 Å². The van der Waals surface area contributed by atoms with Gasteiger partial charge in [-0.3, -0.25) is 9.59 Å². The number of aliphatic carboxylic acids is 1. The van der Waals surface area contributed by atoms with E-state index in [1.54, 1.807) is 18.2 Å². The molecule has 1 saturated heterocycles. The Labute approximate surface area is 112 Å². The summed E-state index contributed by atoms with van der Waals surface area (Å²) in [4.78, 5) is 24.2. The summed E-state index contributed by atoms with van der Waals surface area (Å²) in [5, 5.41) is 8.94. The summed E-state index contributed by atoms with van der Waals surface area (Å²) in [7, 11) is 1.54. The molecular formula is C12H12BrNO4. The second kappa shape index (κ2) is 4.97. The van der Waals surface area contributed by atoms with Crippen LogP contribution < -0.4 is 9.64 Å². The van der Waals surface area contributed by atoms with Gasteiger partial charge < -0.3 is 14.7 Å². The van der Waals surface area contributed by atoms with Gasteiger partial charge in [0.05, 0.1) is 13.0 Å². The van der Waals surface area contributed by atoms with Gasteiger partial charge in [-0.1, -0.05) is 15.9 Å². The lowest BCUT2D eigenvalue weighted by atomic mass is 10.1. The van der Waals surface area contributed by atoms with E-state index in [-0.39, 0.29) is 18.9 Å². The van der Waals surface area contributed by atoms with E-state index in [1.807, 2.05) is 0 Å². The maximum atomic E-state index is 11.8. The minimum absolute atomic E-state index is 0.0458. The number of nitrogens with zero attached hydrogens (tertiary/aromatic N) is 1. The molecule has 1 aromatic rings. The normalized spacial score (nSPS) is 19.1. The smallest absolute Gasteiger partial charge is 0.308 e. The van der Waals surface area contributed by atoms with Crippen molar-refractivity contribution < 1.29 is 19.4 Å². The molecule has 1 atom stereocenters. The van der Waals surface area contributed by atoms with Crippen LogP contribution in [0.5, 0.6) is 5.75 Å². The lowest BCUT2D eigenvalue weighted by molar-refractivity contribution is -0.141. The van der Waals surface area contributed by atoms with Crippen LogP contribution >= 0.6 is 15.9 Å². The van der Waals surface area contributed by atoms with Gasteiger partial charge in [-0.2, -0.15) is 0 Å². The highest BCUT2D eigenvalue weighted by atomic mass is 79.9. The highest BCUT2D eigenvalue weighted by Crippen LogP contribution is 2.31. The number of amides is 1. The molecule has 0 aromatic heterocycles. The first-order valence-electron chi connectivity index (χ1n) is 5.39. The lowest BCUT2D eigenvalue weighted by Gasteiger charge is -2.17. The molecule has 1 amide bonds. The van der Waals surface area contributed by atoms with Crippen molar-refractivity contribution in [3.05, 3.63) is 22.7 Å². The van der Waals surface area contributed by atoms with Gasteiger partial charge >= 0.3 is 5.97 Å². The number of methoxy groups -OCH3 is 1. The zero-order chi connectivity index (χ0) is 13.3. The van der Waals surface area contributed by atoms with Gasteiger partial charge in [-0.25, -0.2) is 0 Å². The Morgan fingerprint density at radius 2 is 2.22 bits per heavy atom. The number of rotatable bonds is 3. The number of benzene rings is 1. The van der Waals surface area contributed by atoms with E-state index in [0.29, 0.717) is 11.4 Å². The van der Waals surface area contributed by atoms with Crippen LogP contribution in [0.4, 0.5) is 5.69 Å². The summed E-state index contributed by atoms with van der Waals surface area (Å²) >= 11 is 3.33. The second-order valence-electron chi connectivity index (χ2n) is 4.09. The molecule has 18 heavy (non-hydrogen) atoms. The van der Waals surface area contributed by atoms with E-state index >= 15 is 0 Å². The van der Waals surface area contributed by atoms with Crippen molar-refractivity contribution in [1.29, 1.82) is 0 Å². The zero-order valence-corrected chi connectivity index (χ0v) is 11.3. The molecule has 2 rings (SSSR count). The van der Waals surface area contributed by atoms with Gasteiger partial charge in [0, 0.05) is 29.2 Å². The third kappa shape index (κ3) is 2.48. The van der Waals surface area contributed by atoms with E-state index < -0.39 is 11.9 Å². The lowest BCUT2D eigenvalue weighted by Crippen LogP contribution is -2.25. The number of carboxylic acid groups (broad SMARTS) is 1. The van der Waals surface area contributed by atoms with Crippen LogP contribution in [-0.4, -0.2) is 30.6 Å². The van der Waals surface area contributed by atoms with Gasteiger partial charge in [0.2, 0.25) is 5.91 Å². The number of ether oxygens (including phenoxy) is 1. The van der Waals surface area contributed by atoms with Crippen LogP contribution in [0, 0.1) is 5.92 Å². The SMILES string of the molecule is COc1cc(Br)cc(N2CC(C(=O)O)CC2=O)c1. The van der Waals surface area contributed by atoms with E-state index in [1.165, 1.54) is 12.0 Å². The van der Waals surface area contributed by atoms with E-state index in [2.05, 4.69) is 15.9 Å². The second-order valence-corrected chi connectivity index (χ2v) is 5.01. The molecule has 0 spiro atoms. The summed E-state index contributed by atoms with van der Waals surface area (Å²) in [6.45, 7) is 0.202. The average Bonchev–Trinajstić information content (AvgIpc) is 2.70. The first kappa shape index (κ1) is 12.9. The number of carbonyl (C=O) groups excluding carboxylic acids is 1. The summed E-state index contributed by atoms with van der Waals surface area (Å²) in [5.74, 6) is -1.14. The quantitative estimate of drug-likeness (QED) is 0.925. The number of carboxylic acids is 1. The predicted octanol–water partition coefficient (Wildman–Crippen LogP) is 1.90. The van der Waals surface area contributed by atoms with Crippen molar-refractivity contribution in [2.75, 3.05) is 18.6 Å². The molecule has 1 heterocycles. The Morgan fingerprint density at radius 1 is 1.50 bits per heavy atom. The molecule has 1 N–H and O–H groups in total. The third-order valence-electron chi connectivity index (χ3n) is 2.88. The fraction of sp³-hybridized carbons (Fsp3) is 0.333.